The normalized spacial score (nSPS) is 16.0. The molecule has 2 aromatic heterocycles. The molecule has 0 amide bonds. The SMILES string of the molecule is CNc1c(NC2CCN(C)C2)cn(Cc2ccc(-n3cncn3)cc2)c1Nc1ccc(F)cc1. The van der Waals surface area contributed by atoms with Crippen LogP contribution < -0.4 is 16.0 Å². The molecule has 3 heterocycles. The predicted octanol–water partition coefficient (Wildman–Crippen LogP) is 4.16. The van der Waals surface area contributed by atoms with Gasteiger partial charge in [-0.25, -0.2) is 14.1 Å². The Morgan fingerprint density at radius 1 is 1.09 bits per heavy atom. The summed E-state index contributed by atoms with van der Waals surface area (Å²) in [5, 5.41) is 14.8. The number of nitrogens with zero attached hydrogens (tertiary/aromatic N) is 5. The number of likely N-dealkylation sites (N-methyl/N-ethyl adjacent to an activating group) is 1. The summed E-state index contributed by atoms with van der Waals surface area (Å²) in [6.07, 6.45) is 6.46. The Kier molecular flexibility index (Phi) is 6.18. The Morgan fingerprint density at radius 2 is 1.88 bits per heavy atom. The number of anilines is 4. The lowest BCUT2D eigenvalue weighted by atomic mass is 10.2. The molecule has 0 saturated carbocycles. The smallest absolute Gasteiger partial charge is 0.138 e. The molecular formula is C25H29FN8. The highest BCUT2D eigenvalue weighted by atomic mass is 19.1. The molecular weight excluding hydrogens is 431 g/mol. The maximum absolute atomic E-state index is 13.5. The van der Waals surface area contributed by atoms with Crippen molar-refractivity contribution in [1.29, 1.82) is 0 Å². The second-order valence-electron chi connectivity index (χ2n) is 8.67. The van der Waals surface area contributed by atoms with Crippen LogP contribution >= 0.6 is 0 Å². The largest absolute Gasteiger partial charge is 0.383 e. The number of hydrogen-bond donors (Lipinski definition) is 3. The van der Waals surface area contributed by atoms with E-state index in [4.69, 9.17) is 0 Å². The zero-order chi connectivity index (χ0) is 23.5. The number of nitrogens with one attached hydrogen (secondary N) is 3. The van der Waals surface area contributed by atoms with Gasteiger partial charge in [-0.15, -0.1) is 0 Å². The molecule has 5 rings (SSSR count). The van der Waals surface area contributed by atoms with E-state index < -0.39 is 0 Å². The van der Waals surface area contributed by atoms with Gasteiger partial charge < -0.3 is 25.4 Å². The van der Waals surface area contributed by atoms with E-state index in [-0.39, 0.29) is 5.82 Å². The summed E-state index contributed by atoms with van der Waals surface area (Å²) < 4.78 is 17.4. The standard InChI is InChI=1S/C25H29FN8/c1-27-24-23(30-21-11-12-32(2)14-21)15-33(25(24)31-20-7-5-19(26)6-8-20)13-18-3-9-22(10-4-18)34-17-28-16-29-34/h3-10,15-17,21,27,30-31H,11-14H2,1-2H3. The lowest BCUT2D eigenvalue weighted by Crippen LogP contribution is -2.23. The highest BCUT2D eigenvalue weighted by molar-refractivity contribution is 5.84. The monoisotopic (exact) mass is 460 g/mol. The van der Waals surface area contributed by atoms with Crippen LogP contribution in [0.1, 0.15) is 12.0 Å². The Morgan fingerprint density at radius 3 is 2.53 bits per heavy atom. The first-order valence-electron chi connectivity index (χ1n) is 11.4. The molecule has 1 atom stereocenters. The van der Waals surface area contributed by atoms with E-state index in [2.05, 4.69) is 60.9 Å². The molecule has 1 unspecified atom stereocenters. The minimum atomic E-state index is -0.255. The number of rotatable bonds is 8. The molecule has 9 heteroatoms. The van der Waals surface area contributed by atoms with Gasteiger partial charge in [-0.1, -0.05) is 12.1 Å². The minimum absolute atomic E-state index is 0.255. The Balaban J connectivity index is 1.45. The molecule has 1 saturated heterocycles. The Hall–Kier alpha value is -3.85. The summed E-state index contributed by atoms with van der Waals surface area (Å²) in [6.45, 7) is 2.77. The second-order valence-corrected chi connectivity index (χ2v) is 8.67. The highest BCUT2D eigenvalue weighted by Gasteiger charge is 2.23. The number of likely N-dealkylation sites (tertiary alicyclic amines) is 1. The average molecular weight is 461 g/mol. The number of hydrogen-bond acceptors (Lipinski definition) is 6. The Labute approximate surface area is 198 Å². The molecule has 0 bridgehead atoms. The first kappa shape index (κ1) is 22.0. The van der Waals surface area contributed by atoms with Crippen molar-refractivity contribution in [3.05, 3.63) is 78.8 Å². The maximum Gasteiger partial charge on any atom is 0.138 e. The van der Waals surface area contributed by atoms with E-state index in [1.54, 1.807) is 23.1 Å². The number of benzene rings is 2. The molecule has 1 fully saturated rings. The fourth-order valence-electron chi connectivity index (χ4n) is 4.41. The van der Waals surface area contributed by atoms with Gasteiger partial charge in [0.15, 0.2) is 0 Å². The van der Waals surface area contributed by atoms with E-state index in [1.807, 2.05) is 19.2 Å². The quantitative estimate of drug-likeness (QED) is 0.367. The van der Waals surface area contributed by atoms with Gasteiger partial charge in [-0.3, -0.25) is 0 Å². The van der Waals surface area contributed by atoms with Crippen molar-refractivity contribution >= 4 is 22.9 Å². The number of halogens is 1. The van der Waals surface area contributed by atoms with E-state index in [0.717, 1.165) is 53.6 Å². The summed E-state index contributed by atoms with van der Waals surface area (Å²) in [5.74, 6) is 0.665. The molecule has 8 nitrogen and oxygen atoms in total. The summed E-state index contributed by atoms with van der Waals surface area (Å²) >= 11 is 0. The summed E-state index contributed by atoms with van der Waals surface area (Å²) in [4.78, 5) is 6.35. The van der Waals surface area contributed by atoms with Crippen molar-refractivity contribution in [3.63, 3.8) is 0 Å². The summed E-state index contributed by atoms with van der Waals surface area (Å²) in [6, 6.07) is 15.1. The topological polar surface area (TPSA) is 75.0 Å². The fourth-order valence-corrected chi connectivity index (χ4v) is 4.41. The van der Waals surface area contributed by atoms with Gasteiger partial charge in [0.05, 0.1) is 11.4 Å². The van der Waals surface area contributed by atoms with Crippen LogP contribution in [-0.4, -0.2) is 57.5 Å². The lowest BCUT2D eigenvalue weighted by molar-refractivity contribution is 0.414. The lowest BCUT2D eigenvalue weighted by Gasteiger charge is -2.16. The second kappa shape index (κ2) is 9.56. The first-order chi connectivity index (χ1) is 16.6. The fraction of sp³-hybridized carbons (Fsp3) is 0.280. The van der Waals surface area contributed by atoms with Gasteiger partial charge in [0.1, 0.15) is 30.0 Å². The van der Waals surface area contributed by atoms with Crippen molar-refractivity contribution in [2.45, 2.75) is 19.0 Å². The van der Waals surface area contributed by atoms with E-state index in [9.17, 15) is 4.39 Å². The molecule has 0 spiro atoms. The molecule has 4 aromatic rings. The van der Waals surface area contributed by atoms with Crippen LogP contribution in [0.4, 0.5) is 27.3 Å². The zero-order valence-corrected chi connectivity index (χ0v) is 19.4. The molecule has 176 valence electrons. The van der Waals surface area contributed by atoms with Crippen LogP contribution in [0.5, 0.6) is 0 Å². The molecule has 1 aliphatic rings. The van der Waals surface area contributed by atoms with E-state index in [0.29, 0.717) is 12.6 Å². The van der Waals surface area contributed by atoms with Crippen molar-refractivity contribution in [2.75, 3.05) is 43.1 Å². The third kappa shape index (κ3) is 4.74. The predicted molar refractivity (Wildman–Crippen MR) is 134 cm³/mol. The van der Waals surface area contributed by atoms with Crippen LogP contribution in [0.2, 0.25) is 0 Å². The first-order valence-corrected chi connectivity index (χ1v) is 11.4. The Bertz CT molecular complexity index is 1220. The molecule has 3 N–H and O–H groups in total. The van der Waals surface area contributed by atoms with Gasteiger partial charge in [0.2, 0.25) is 0 Å². The van der Waals surface area contributed by atoms with Crippen molar-refractivity contribution in [2.24, 2.45) is 0 Å². The van der Waals surface area contributed by atoms with E-state index in [1.165, 1.54) is 18.5 Å². The van der Waals surface area contributed by atoms with Gasteiger partial charge >= 0.3 is 0 Å². The van der Waals surface area contributed by atoms with Gasteiger partial charge in [-0.2, -0.15) is 5.10 Å². The molecule has 2 aromatic carbocycles. The van der Waals surface area contributed by atoms with Gasteiger partial charge in [0.25, 0.3) is 0 Å². The van der Waals surface area contributed by atoms with Crippen LogP contribution in [0, 0.1) is 5.82 Å². The van der Waals surface area contributed by atoms with Gasteiger partial charge in [-0.05, 0) is 62.0 Å². The maximum atomic E-state index is 13.5. The highest BCUT2D eigenvalue weighted by Crippen LogP contribution is 2.36. The molecule has 0 radical (unpaired) electrons. The van der Waals surface area contributed by atoms with Gasteiger partial charge in [0, 0.05) is 38.1 Å². The minimum Gasteiger partial charge on any atom is -0.383 e. The average Bonchev–Trinajstić information content (AvgIpc) is 3.58. The number of aromatic nitrogens is 4. The van der Waals surface area contributed by atoms with Crippen molar-refractivity contribution in [1.82, 2.24) is 24.2 Å². The molecule has 34 heavy (non-hydrogen) atoms. The van der Waals surface area contributed by atoms with Crippen molar-refractivity contribution < 1.29 is 4.39 Å². The summed E-state index contributed by atoms with van der Waals surface area (Å²) in [5.41, 5.74) is 4.97. The van der Waals surface area contributed by atoms with Crippen LogP contribution in [0.25, 0.3) is 5.69 Å². The molecule has 0 aliphatic carbocycles. The van der Waals surface area contributed by atoms with Crippen molar-refractivity contribution in [3.8, 4) is 5.69 Å². The van der Waals surface area contributed by atoms with Crippen LogP contribution in [0.15, 0.2) is 67.4 Å². The van der Waals surface area contributed by atoms with E-state index >= 15 is 0 Å². The zero-order valence-electron chi connectivity index (χ0n) is 19.4. The third-order valence-electron chi connectivity index (χ3n) is 6.16. The third-order valence-corrected chi connectivity index (χ3v) is 6.16. The van der Waals surface area contributed by atoms with Crippen LogP contribution in [0.3, 0.4) is 0 Å². The summed E-state index contributed by atoms with van der Waals surface area (Å²) in [7, 11) is 4.07. The molecule has 1 aliphatic heterocycles. The van der Waals surface area contributed by atoms with Crippen LogP contribution in [-0.2, 0) is 6.54 Å².